The maximum absolute atomic E-state index is 11.7. The van der Waals surface area contributed by atoms with Gasteiger partial charge in [0.1, 0.15) is 12.0 Å². The van der Waals surface area contributed by atoms with E-state index in [9.17, 15) is 4.79 Å². The van der Waals surface area contributed by atoms with Gasteiger partial charge in [-0.3, -0.25) is 4.79 Å². The first-order chi connectivity index (χ1) is 13.2. The Hall–Kier alpha value is -2.83. The van der Waals surface area contributed by atoms with Crippen molar-refractivity contribution in [1.29, 1.82) is 0 Å². The highest BCUT2D eigenvalue weighted by atomic mass is 16.5. The van der Waals surface area contributed by atoms with E-state index in [1.54, 1.807) is 6.33 Å². The minimum atomic E-state index is -0.127. The second kappa shape index (κ2) is 7.42. The zero-order valence-electron chi connectivity index (χ0n) is 15.6. The van der Waals surface area contributed by atoms with Gasteiger partial charge in [-0.25, -0.2) is 9.97 Å². The Morgan fingerprint density at radius 1 is 1.07 bits per heavy atom. The van der Waals surface area contributed by atoms with E-state index in [0.29, 0.717) is 5.69 Å². The van der Waals surface area contributed by atoms with E-state index in [4.69, 9.17) is 10.5 Å². The van der Waals surface area contributed by atoms with Gasteiger partial charge in [-0.05, 0) is 30.4 Å². The molecular weight excluding hydrogens is 342 g/mol. The second-order valence-corrected chi connectivity index (χ2v) is 7.16. The lowest BCUT2D eigenvalue weighted by atomic mass is 9.97. The van der Waals surface area contributed by atoms with Crippen LogP contribution in [0.5, 0.6) is 0 Å². The van der Waals surface area contributed by atoms with Crippen molar-refractivity contribution in [2.75, 3.05) is 42.3 Å². The molecule has 0 radical (unpaired) electrons. The number of rotatable bonds is 3. The number of nitrogens with two attached hydrogens (primary N) is 1. The summed E-state index contributed by atoms with van der Waals surface area (Å²) < 4.78 is 4.87. The molecule has 1 aromatic carbocycles. The lowest BCUT2D eigenvalue weighted by molar-refractivity contribution is -0.146. The number of nitrogens with zero attached hydrogens (tertiary/aromatic N) is 4. The summed E-state index contributed by atoms with van der Waals surface area (Å²) in [6, 6.07) is 8.51. The minimum Gasteiger partial charge on any atom is -0.469 e. The molecule has 1 aromatic heterocycles. The van der Waals surface area contributed by atoms with Gasteiger partial charge in [0.15, 0.2) is 11.6 Å². The molecule has 2 N–H and O–H groups in total. The van der Waals surface area contributed by atoms with E-state index in [1.165, 1.54) is 18.2 Å². The molecule has 7 nitrogen and oxygen atoms in total. The molecule has 0 saturated carbocycles. The molecular formula is C20H25N5O2. The van der Waals surface area contributed by atoms with Crippen molar-refractivity contribution in [2.45, 2.75) is 25.8 Å². The molecule has 1 saturated heterocycles. The molecule has 0 bridgehead atoms. The summed E-state index contributed by atoms with van der Waals surface area (Å²) in [5.74, 6) is 1.40. The first-order valence-corrected chi connectivity index (χ1v) is 9.42. The van der Waals surface area contributed by atoms with Crippen LogP contribution in [0.4, 0.5) is 17.3 Å². The number of methoxy groups -OCH3 is 1. The van der Waals surface area contributed by atoms with Crippen molar-refractivity contribution < 1.29 is 9.53 Å². The summed E-state index contributed by atoms with van der Waals surface area (Å²) in [5, 5.41) is 0. The summed E-state index contributed by atoms with van der Waals surface area (Å²) in [7, 11) is 1.44. The van der Waals surface area contributed by atoms with Crippen molar-refractivity contribution in [2.24, 2.45) is 5.92 Å². The Labute approximate surface area is 159 Å². The molecule has 2 aliphatic heterocycles. The highest BCUT2D eigenvalue weighted by molar-refractivity contribution is 5.77. The normalized spacial score (nSPS) is 17.5. The number of carbonyl (C=O) groups excluding carboxylic acids is 1. The number of ether oxygens (including phenoxy) is 1. The maximum Gasteiger partial charge on any atom is 0.308 e. The number of benzene rings is 1. The molecule has 2 aromatic rings. The number of fused-ring (bicyclic) bond motifs is 1. The van der Waals surface area contributed by atoms with Crippen LogP contribution in [-0.2, 0) is 22.5 Å². The third kappa shape index (κ3) is 3.41. The van der Waals surface area contributed by atoms with Crippen molar-refractivity contribution in [1.82, 2.24) is 9.97 Å². The second-order valence-electron chi connectivity index (χ2n) is 7.16. The summed E-state index contributed by atoms with van der Waals surface area (Å²) in [5.41, 5.74) is 9.82. The van der Waals surface area contributed by atoms with Crippen LogP contribution in [0, 0.1) is 5.92 Å². The standard InChI is InChI=1S/C20H25N5O2/c1-27-20(26)15-7-9-24(10-8-15)18-17(21)19(23-13-22-18)25-11-6-14-4-2-3-5-16(14)12-25/h2-5,13,15H,6-12,21H2,1H3. The van der Waals surface area contributed by atoms with Gasteiger partial charge in [0, 0.05) is 26.2 Å². The van der Waals surface area contributed by atoms with Crippen LogP contribution in [0.2, 0.25) is 0 Å². The van der Waals surface area contributed by atoms with E-state index >= 15 is 0 Å². The molecule has 1 fully saturated rings. The number of anilines is 3. The number of hydrogen-bond donors (Lipinski definition) is 1. The Morgan fingerprint density at radius 2 is 1.74 bits per heavy atom. The number of esters is 1. The smallest absolute Gasteiger partial charge is 0.308 e. The predicted molar refractivity (Wildman–Crippen MR) is 105 cm³/mol. The van der Waals surface area contributed by atoms with Crippen molar-refractivity contribution >= 4 is 23.3 Å². The van der Waals surface area contributed by atoms with E-state index in [0.717, 1.165) is 57.1 Å². The van der Waals surface area contributed by atoms with Crippen molar-refractivity contribution in [3.8, 4) is 0 Å². The van der Waals surface area contributed by atoms with Gasteiger partial charge < -0.3 is 20.3 Å². The van der Waals surface area contributed by atoms with Crippen LogP contribution in [0.25, 0.3) is 0 Å². The van der Waals surface area contributed by atoms with Gasteiger partial charge >= 0.3 is 5.97 Å². The molecule has 7 heteroatoms. The maximum atomic E-state index is 11.7. The van der Waals surface area contributed by atoms with Gasteiger partial charge in [0.2, 0.25) is 0 Å². The zero-order valence-corrected chi connectivity index (χ0v) is 15.6. The first-order valence-electron chi connectivity index (χ1n) is 9.42. The molecule has 0 atom stereocenters. The van der Waals surface area contributed by atoms with Gasteiger partial charge in [-0.1, -0.05) is 24.3 Å². The summed E-state index contributed by atoms with van der Waals surface area (Å²) in [6.07, 6.45) is 4.08. The highest BCUT2D eigenvalue weighted by Gasteiger charge is 2.28. The number of hydrogen-bond acceptors (Lipinski definition) is 7. The largest absolute Gasteiger partial charge is 0.469 e. The average Bonchev–Trinajstić information content (AvgIpc) is 2.73. The molecule has 2 aliphatic rings. The van der Waals surface area contributed by atoms with E-state index in [1.807, 2.05) is 0 Å². The number of nitrogen functional groups attached to an aromatic ring is 1. The van der Waals surface area contributed by atoms with Crippen LogP contribution in [-0.4, -0.2) is 42.7 Å². The van der Waals surface area contributed by atoms with Gasteiger partial charge in [0.25, 0.3) is 0 Å². The fraction of sp³-hybridized carbons (Fsp3) is 0.450. The fourth-order valence-corrected chi connectivity index (χ4v) is 4.05. The Kier molecular flexibility index (Phi) is 4.83. The fourth-order valence-electron chi connectivity index (χ4n) is 4.05. The molecule has 0 aliphatic carbocycles. The van der Waals surface area contributed by atoms with Crippen molar-refractivity contribution in [3.05, 3.63) is 41.7 Å². The Bertz CT molecular complexity index is 833. The first kappa shape index (κ1) is 17.6. The summed E-state index contributed by atoms with van der Waals surface area (Å²) in [6.45, 7) is 3.18. The third-order valence-electron chi connectivity index (χ3n) is 5.60. The van der Waals surface area contributed by atoms with Crippen LogP contribution >= 0.6 is 0 Å². The average molecular weight is 367 g/mol. The van der Waals surface area contributed by atoms with Crippen LogP contribution in [0.15, 0.2) is 30.6 Å². The minimum absolute atomic E-state index is 0.0348. The zero-order chi connectivity index (χ0) is 18.8. The highest BCUT2D eigenvalue weighted by Crippen LogP contribution is 2.34. The lowest BCUT2D eigenvalue weighted by Crippen LogP contribution is -2.38. The summed E-state index contributed by atoms with van der Waals surface area (Å²) >= 11 is 0. The van der Waals surface area contributed by atoms with Gasteiger partial charge in [0.05, 0.1) is 13.0 Å². The Balaban J connectivity index is 1.52. The molecule has 0 spiro atoms. The van der Waals surface area contributed by atoms with E-state index in [2.05, 4.69) is 44.0 Å². The molecule has 0 amide bonds. The number of aromatic nitrogens is 2. The molecule has 3 heterocycles. The van der Waals surface area contributed by atoms with Crippen LogP contribution in [0.1, 0.15) is 24.0 Å². The monoisotopic (exact) mass is 367 g/mol. The van der Waals surface area contributed by atoms with Gasteiger partial charge in [-0.2, -0.15) is 0 Å². The number of carbonyl (C=O) groups is 1. The van der Waals surface area contributed by atoms with E-state index < -0.39 is 0 Å². The lowest BCUT2D eigenvalue weighted by Gasteiger charge is -2.34. The van der Waals surface area contributed by atoms with Crippen LogP contribution < -0.4 is 15.5 Å². The Morgan fingerprint density at radius 3 is 2.44 bits per heavy atom. The molecule has 4 rings (SSSR count). The van der Waals surface area contributed by atoms with E-state index in [-0.39, 0.29) is 11.9 Å². The van der Waals surface area contributed by atoms with Gasteiger partial charge in [-0.15, -0.1) is 0 Å². The number of piperidine rings is 1. The molecule has 27 heavy (non-hydrogen) atoms. The topological polar surface area (TPSA) is 84.6 Å². The van der Waals surface area contributed by atoms with Crippen molar-refractivity contribution in [3.63, 3.8) is 0 Å². The SMILES string of the molecule is COC(=O)C1CCN(c2ncnc(N3CCc4ccccc4C3)c2N)CC1. The molecule has 142 valence electrons. The third-order valence-corrected chi connectivity index (χ3v) is 5.60. The quantitative estimate of drug-likeness (QED) is 0.831. The van der Waals surface area contributed by atoms with Crippen LogP contribution in [0.3, 0.4) is 0 Å². The predicted octanol–water partition coefficient (Wildman–Crippen LogP) is 2.01. The summed E-state index contributed by atoms with van der Waals surface area (Å²) in [4.78, 5) is 25.0. The molecule has 0 unspecified atom stereocenters.